The van der Waals surface area contributed by atoms with Crippen LogP contribution in [-0.2, 0) is 11.2 Å². The Kier molecular flexibility index (Phi) is 3.30. The first-order valence-electron chi connectivity index (χ1n) is 5.98. The minimum absolute atomic E-state index is 0.395. The molecule has 0 aromatic heterocycles. The molecule has 0 heterocycles. The standard InChI is InChI=1S/C13H15F3N2O/c1-12(17,13(14,15)16)11(19)18-10-7-6-8-4-2-3-5-9(8)10/h2-5,10H,6-7,17H2,1H3,(H,18,19). The number of carbonyl (C=O) groups excluding carboxylic acids is 1. The van der Waals surface area contributed by atoms with Crippen LogP contribution in [0.25, 0.3) is 0 Å². The maximum atomic E-state index is 12.7. The molecule has 6 heteroatoms. The fourth-order valence-electron chi connectivity index (χ4n) is 2.14. The van der Waals surface area contributed by atoms with E-state index in [4.69, 9.17) is 5.73 Å². The van der Waals surface area contributed by atoms with Crippen LogP contribution in [0.1, 0.15) is 30.5 Å². The molecular weight excluding hydrogens is 257 g/mol. The van der Waals surface area contributed by atoms with Gasteiger partial charge >= 0.3 is 6.18 Å². The fourth-order valence-corrected chi connectivity index (χ4v) is 2.14. The minimum atomic E-state index is -4.77. The quantitative estimate of drug-likeness (QED) is 0.866. The van der Waals surface area contributed by atoms with Gasteiger partial charge in [0, 0.05) is 0 Å². The van der Waals surface area contributed by atoms with Gasteiger partial charge in [-0.1, -0.05) is 24.3 Å². The minimum Gasteiger partial charge on any atom is -0.347 e. The third-order valence-corrected chi connectivity index (χ3v) is 3.50. The zero-order chi connectivity index (χ0) is 14.3. The van der Waals surface area contributed by atoms with E-state index in [0.29, 0.717) is 13.3 Å². The van der Waals surface area contributed by atoms with Crippen LogP contribution in [0.2, 0.25) is 0 Å². The summed E-state index contributed by atoms with van der Waals surface area (Å²) in [6.45, 7) is 0.684. The molecule has 0 saturated carbocycles. The molecule has 0 radical (unpaired) electrons. The summed E-state index contributed by atoms with van der Waals surface area (Å²) in [4.78, 5) is 11.7. The van der Waals surface area contributed by atoms with Crippen LogP contribution < -0.4 is 11.1 Å². The van der Waals surface area contributed by atoms with Crippen LogP contribution >= 0.6 is 0 Å². The van der Waals surface area contributed by atoms with Gasteiger partial charge in [0.15, 0.2) is 5.54 Å². The highest BCUT2D eigenvalue weighted by Crippen LogP contribution is 2.33. The summed E-state index contributed by atoms with van der Waals surface area (Å²) in [5, 5.41) is 2.40. The Morgan fingerprint density at radius 2 is 2.00 bits per heavy atom. The van der Waals surface area contributed by atoms with E-state index in [1.807, 2.05) is 18.2 Å². The van der Waals surface area contributed by atoms with Crippen molar-refractivity contribution >= 4 is 5.91 Å². The third kappa shape index (κ3) is 2.45. The number of nitrogens with two attached hydrogens (primary N) is 1. The molecule has 19 heavy (non-hydrogen) atoms. The molecule has 3 N–H and O–H groups in total. The molecule has 0 aliphatic heterocycles. The lowest BCUT2D eigenvalue weighted by molar-refractivity contribution is -0.187. The van der Waals surface area contributed by atoms with Crippen molar-refractivity contribution in [1.29, 1.82) is 0 Å². The number of benzene rings is 1. The number of hydrogen-bond acceptors (Lipinski definition) is 2. The summed E-state index contributed by atoms with van der Waals surface area (Å²) in [5.74, 6) is -1.19. The van der Waals surface area contributed by atoms with Crippen LogP contribution in [0, 0.1) is 0 Å². The third-order valence-electron chi connectivity index (χ3n) is 3.50. The molecule has 104 valence electrons. The molecule has 1 aromatic carbocycles. The van der Waals surface area contributed by atoms with E-state index in [1.54, 1.807) is 6.07 Å². The molecule has 0 fully saturated rings. The van der Waals surface area contributed by atoms with Gasteiger partial charge in [0.25, 0.3) is 0 Å². The van der Waals surface area contributed by atoms with Gasteiger partial charge in [0.1, 0.15) is 0 Å². The number of hydrogen-bond donors (Lipinski definition) is 2. The number of rotatable bonds is 2. The van der Waals surface area contributed by atoms with Gasteiger partial charge in [-0.3, -0.25) is 4.79 Å². The van der Waals surface area contributed by atoms with Crippen molar-refractivity contribution in [3.8, 4) is 0 Å². The van der Waals surface area contributed by atoms with Crippen molar-refractivity contribution in [2.75, 3.05) is 0 Å². The zero-order valence-electron chi connectivity index (χ0n) is 10.4. The molecule has 2 unspecified atom stereocenters. The number of amides is 1. The van der Waals surface area contributed by atoms with Crippen LogP contribution in [0.4, 0.5) is 13.2 Å². The summed E-state index contributed by atoms with van der Waals surface area (Å²) < 4.78 is 38.0. The lowest BCUT2D eigenvalue weighted by Gasteiger charge is -2.28. The Balaban J connectivity index is 2.14. The fraction of sp³-hybridized carbons (Fsp3) is 0.462. The van der Waals surface area contributed by atoms with Crippen molar-refractivity contribution in [2.45, 2.75) is 37.5 Å². The molecule has 1 aromatic rings. The van der Waals surface area contributed by atoms with Gasteiger partial charge in [0.2, 0.25) is 5.91 Å². The maximum absolute atomic E-state index is 12.7. The van der Waals surface area contributed by atoms with Gasteiger partial charge in [-0.05, 0) is 30.9 Å². The van der Waals surface area contributed by atoms with Gasteiger partial charge in [-0.25, -0.2) is 0 Å². The highest BCUT2D eigenvalue weighted by atomic mass is 19.4. The first kappa shape index (κ1) is 13.9. The van der Waals surface area contributed by atoms with Crippen LogP contribution in [0.5, 0.6) is 0 Å². The van der Waals surface area contributed by atoms with Gasteiger partial charge in [-0.2, -0.15) is 13.2 Å². The zero-order valence-corrected chi connectivity index (χ0v) is 10.4. The lowest BCUT2D eigenvalue weighted by Crippen LogP contribution is -2.61. The maximum Gasteiger partial charge on any atom is 0.415 e. The molecular formula is C13H15F3N2O. The topological polar surface area (TPSA) is 55.1 Å². The predicted molar refractivity (Wildman–Crippen MR) is 64.3 cm³/mol. The van der Waals surface area contributed by atoms with Crippen LogP contribution in [0.3, 0.4) is 0 Å². The average Bonchev–Trinajstić information content (AvgIpc) is 2.71. The Morgan fingerprint density at radius 1 is 1.37 bits per heavy atom. The summed E-state index contributed by atoms with van der Waals surface area (Å²) in [6.07, 6.45) is -3.43. The number of nitrogens with one attached hydrogen (secondary N) is 1. The first-order chi connectivity index (χ1) is 8.73. The normalized spacial score (nSPS) is 21.6. The van der Waals surface area contributed by atoms with E-state index in [0.717, 1.165) is 17.5 Å². The molecule has 0 spiro atoms. The molecule has 0 saturated heterocycles. The highest BCUT2D eigenvalue weighted by molar-refractivity contribution is 5.87. The first-order valence-corrected chi connectivity index (χ1v) is 5.98. The van der Waals surface area contributed by atoms with Crippen molar-refractivity contribution in [1.82, 2.24) is 5.32 Å². The van der Waals surface area contributed by atoms with Crippen LogP contribution in [-0.4, -0.2) is 17.6 Å². The molecule has 3 nitrogen and oxygen atoms in total. The van der Waals surface area contributed by atoms with Crippen molar-refractivity contribution < 1.29 is 18.0 Å². The average molecular weight is 272 g/mol. The molecule has 1 amide bonds. The van der Waals surface area contributed by atoms with Crippen molar-refractivity contribution in [3.63, 3.8) is 0 Å². The highest BCUT2D eigenvalue weighted by Gasteiger charge is 2.54. The SMILES string of the molecule is CC(N)(C(=O)NC1CCc2ccccc21)C(F)(F)F. The summed E-state index contributed by atoms with van der Waals surface area (Å²) >= 11 is 0. The number of carbonyl (C=O) groups is 1. The molecule has 0 bridgehead atoms. The largest absolute Gasteiger partial charge is 0.415 e. The second-order valence-electron chi connectivity index (χ2n) is 4.96. The van der Waals surface area contributed by atoms with Gasteiger partial charge < -0.3 is 11.1 Å². The van der Waals surface area contributed by atoms with E-state index in [-0.39, 0.29) is 0 Å². The number of aryl methyl sites for hydroxylation is 1. The van der Waals surface area contributed by atoms with Crippen LogP contribution in [0.15, 0.2) is 24.3 Å². The smallest absolute Gasteiger partial charge is 0.347 e. The van der Waals surface area contributed by atoms with E-state index < -0.39 is 23.7 Å². The summed E-state index contributed by atoms with van der Waals surface area (Å²) in [7, 11) is 0. The predicted octanol–water partition coefficient (Wildman–Crippen LogP) is 2.07. The Bertz CT molecular complexity index is 497. The van der Waals surface area contributed by atoms with Crippen molar-refractivity contribution in [2.24, 2.45) is 5.73 Å². The second-order valence-corrected chi connectivity index (χ2v) is 4.96. The lowest BCUT2D eigenvalue weighted by atomic mass is 10.0. The molecule has 2 rings (SSSR count). The number of halogens is 3. The number of fused-ring (bicyclic) bond motifs is 1. The van der Waals surface area contributed by atoms with E-state index in [1.165, 1.54) is 0 Å². The van der Waals surface area contributed by atoms with E-state index in [2.05, 4.69) is 5.32 Å². The Morgan fingerprint density at radius 3 is 2.63 bits per heavy atom. The second kappa shape index (κ2) is 4.52. The monoisotopic (exact) mass is 272 g/mol. The Labute approximate surface area is 109 Å². The molecule has 1 aliphatic carbocycles. The summed E-state index contributed by atoms with van der Waals surface area (Å²) in [6, 6.07) is 7.00. The van der Waals surface area contributed by atoms with Crippen molar-refractivity contribution in [3.05, 3.63) is 35.4 Å². The van der Waals surface area contributed by atoms with E-state index >= 15 is 0 Å². The molecule has 2 atom stereocenters. The molecule has 1 aliphatic rings. The Hall–Kier alpha value is -1.56. The van der Waals surface area contributed by atoms with Gasteiger partial charge in [-0.15, -0.1) is 0 Å². The van der Waals surface area contributed by atoms with Gasteiger partial charge in [0.05, 0.1) is 6.04 Å². The summed E-state index contributed by atoms with van der Waals surface area (Å²) in [5.41, 5.74) is 4.15. The van der Waals surface area contributed by atoms with E-state index in [9.17, 15) is 18.0 Å². The number of alkyl halides is 3.